The van der Waals surface area contributed by atoms with E-state index >= 15 is 0 Å². The summed E-state index contributed by atoms with van der Waals surface area (Å²) < 4.78 is 0. The van der Waals surface area contributed by atoms with E-state index in [4.69, 9.17) is 0 Å². The first-order valence-electron chi connectivity index (χ1n) is 6.71. The van der Waals surface area contributed by atoms with Crippen LogP contribution in [0.5, 0.6) is 0 Å². The molecule has 0 saturated heterocycles. The van der Waals surface area contributed by atoms with E-state index in [1.807, 2.05) is 0 Å². The normalized spacial score (nSPS) is 19.6. The monoisotopic (exact) mass is 241 g/mol. The fraction of sp³-hybridized carbons (Fsp3) is 0.857. The molecule has 2 heteroatoms. The summed E-state index contributed by atoms with van der Waals surface area (Å²) in [5, 5.41) is 4.36. The van der Waals surface area contributed by atoms with Crippen molar-refractivity contribution in [2.75, 3.05) is 12.8 Å². The Morgan fingerprint density at radius 2 is 2.06 bits per heavy atom. The van der Waals surface area contributed by atoms with Crippen LogP contribution in [0.25, 0.3) is 0 Å². The van der Waals surface area contributed by atoms with Gasteiger partial charge in [0.1, 0.15) is 0 Å². The summed E-state index contributed by atoms with van der Waals surface area (Å²) >= 11 is 2.18. The average Bonchev–Trinajstić information content (AvgIpc) is 2.35. The summed E-state index contributed by atoms with van der Waals surface area (Å²) in [5.74, 6) is 1.25. The highest BCUT2D eigenvalue weighted by atomic mass is 32.2. The summed E-state index contributed by atoms with van der Waals surface area (Å²) in [5.41, 5.74) is 1.38. The lowest BCUT2D eigenvalue weighted by atomic mass is 10.0. The van der Waals surface area contributed by atoms with Crippen molar-refractivity contribution in [1.82, 2.24) is 5.32 Å². The number of thioether (sulfide) groups is 1. The Morgan fingerprint density at radius 1 is 1.38 bits per heavy atom. The maximum absolute atomic E-state index is 4.11. The SMILES string of the molecule is C=C(CC)CC(CSC1CCCCC1)NC. The predicted molar refractivity (Wildman–Crippen MR) is 76.2 cm³/mol. The molecule has 1 rings (SSSR count). The van der Waals surface area contributed by atoms with Crippen molar-refractivity contribution in [3.63, 3.8) is 0 Å². The summed E-state index contributed by atoms with van der Waals surface area (Å²) in [6.45, 7) is 6.30. The summed E-state index contributed by atoms with van der Waals surface area (Å²) in [7, 11) is 2.08. The van der Waals surface area contributed by atoms with Gasteiger partial charge < -0.3 is 5.32 Å². The van der Waals surface area contributed by atoms with Gasteiger partial charge in [-0.05, 0) is 32.7 Å². The molecule has 1 fully saturated rings. The zero-order chi connectivity index (χ0) is 11.8. The van der Waals surface area contributed by atoms with Crippen LogP contribution in [-0.2, 0) is 0 Å². The molecule has 0 amide bonds. The van der Waals surface area contributed by atoms with Gasteiger partial charge in [0.15, 0.2) is 0 Å². The van der Waals surface area contributed by atoms with Gasteiger partial charge in [0, 0.05) is 17.0 Å². The van der Waals surface area contributed by atoms with Gasteiger partial charge >= 0.3 is 0 Å². The van der Waals surface area contributed by atoms with Gasteiger partial charge in [0.05, 0.1) is 0 Å². The topological polar surface area (TPSA) is 12.0 Å². The lowest BCUT2D eigenvalue weighted by Crippen LogP contribution is -2.29. The summed E-state index contributed by atoms with van der Waals surface area (Å²) in [6.07, 6.45) is 9.50. The van der Waals surface area contributed by atoms with E-state index in [1.165, 1.54) is 43.4 Å². The lowest BCUT2D eigenvalue weighted by Gasteiger charge is -2.24. The maximum atomic E-state index is 4.11. The first-order valence-corrected chi connectivity index (χ1v) is 7.76. The van der Waals surface area contributed by atoms with Crippen molar-refractivity contribution in [2.45, 2.75) is 63.2 Å². The first-order chi connectivity index (χ1) is 7.76. The van der Waals surface area contributed by atoms with Crippen LogP contribution in [0, 0.1) is 0 Å². The number of hydrogen-bond acceptors (Lipinski definition) is 2. The van der Waals surface area contributed by atoms with Crippen molar-refractivity contribution in [2.24, 2.45) is 0 Å². The second-order valence-corrected chi connectivity index (χ2v) is 6.22. The molecule has 0 bridgehead atoms. The highest BCUT2D eigenvalue weighted by molar-refractivity contribution is 7.99. The molecule has 0 aromatic carbocycles. The van der Waals surface area contributed by atoms with Crippen molar-refractivity contribution >= 4 is 11.8 Å². The molecule has 1 N–H and O–H groups in total. The minimum Gasteiger partial charge on any atom is -0.316 e. The van der Waals surface area contributed by atoms with E-state index in [0.717, 1.165) is 18.1 Å². The third kappa shape index (κ3) is 5.40. The number of hydrogen-bond donors (Lipinski definition) is 1. The van der Waals surface area contributed by atoms with Crippen LogP contribution in [0.3, 0.4) is 0 Å². The third-order valence-corrected chi connectivity index (χ3v) is 5.07. The molecule has 0 aromatic heterocycles. The zero-order valence-electron chi connectivity index (χ0n) is 10.9. The Hall–Kier alpha value is 0.0500. The van der Waals surface area contributed by atoms with Crippen LogP contribution >= 0.6 is 11.8 Å². The van der Waals surface area contributed by atoms with Gasteiger partial charge in [0.25, 0.3) is 0 Å². The zero-order valence-corrected chi connectivity index (χ0v) is 11.7. The summed E-state index contributed by atoms with van der Waals surface area (Å²) in [4.78, 5) is 0. The van der Waals surface area contributed by atoms with E-state index < -0.39 is 0 Å². The van der Waals surface area contributed by atoms with Gasteiger partial charge in [-0.1, -0.05) is 38.3 Å². The molecular weight excluding hydrogens is 214 g/mol. The Kier molecular flexibility index (Phi) is 7.22. The molecule has 0 radical (unpaired) electrons. The maximum Gasteiger partial charge on any atom is 0.0192 e. The van der Waals surface area contributed by atoms with E-state index in [9.17, 15) is 0 Å². The van der Waals surface area contributed by atoms with Crippen molar-refractivity contribution in [1.29, 1.82) is 0 Å². The molecular formula is C14H27NS. The number of rotatable bonds is 7. The van der Waals surface area contributed by atoms with Gasteiger partial charge in [-0.25, -0.2) is 0 Å². The molecule has 1 saturated carbocycles. The Balaban J connectivity index is 2.19. The molecule has 16 heavy (non-hydrogen) atoms. The van der Waals surface area contributed by atoms with Gasteiger partial charge in [-0.3, -0.25) is 0 Å². The van der Waals surface area contributed by atoms with Crippen LogP contribution in [0.2, 0.25) is 0 Å². The Labute approximate surface area is 105 Å². The van der Waals surface area contributed by atoms with Crippen LogP contribution in [0.15, 0.2) is 12.2 Å². The van der Waals surface area contributed by atoms with E-state index in [2.05, 4.69) is 37.6 Å². The van der Waals surface area contributed by atoms with Gasteiger partial charge in [0.2, 0.25) is 0 Å². The van der Waals surface area contributed by atoms with Crippen LogP contribution in [0.4, 0.5) is 0 Å². The molecule has 94 valence electrons. The van der Waals surface area contributed by atoms with Gasteiger partial charge in [-0.2, -0.15) is 11.8 Å². The Morgan fingerprint density at radius 3 is 2.62 bits per heavy atom. The molecule has 1 aliphatic rings. The Bertz CT molecular complexity index is 197. The molecule has 1 aliphatic carbocycles. The van der Waals surface area contributed by atoms with Crippen LogP contribution in [-0.4, -0.2) is 24.1 Å². The third-order valence-electron chi connectivity index (χ3n) is 3.53. The molecule has 1 unspecified atom stereocenters. The van der Waals surface area contributed by atoms with Crippen molar-refractivity contribution in [3.05, 3.63) is 12.2 Å². The smallest absolute Gasteiger partial charge is 0.0192 e. The molecule has 1 nitrogen and oxygen atoms in total. The van der Waals surface area contributed by atoms with Crippen LogP contribution in [0.1, 0.15) is 51.9 Å². The molecule has 0 aliphatic heterocycles. The largest absolute Gasteiger partial charge is 0.316 e. The van der Waals surface area contributed by atoms with E-state index in [0.29, 0.717) is 6.04 Å². The lowest BCUT2D eigenvalue weighted by molar-refractivity contribution is 0.514. The fourth-order valence-electron chi connectivity index (χ4n) is 2.22. The highest BCUT2D eigenvalue weighted by Gasteiger charge is 2.16. The van der Waals surface area contributed by atoms with E-state index in [-0.39, 0.29) is 0 Å². The summed E-state index contributed by atoms with van der Waals surface area (Å²) in [6, 6.07) is 0.624. The molecule has 0 heterocycles. The highest BCUT2D eigenvalue weighted by Crippen LogP contribution is 2.29. The van der Waals surface area contributed by atoms with Crippen LogP contribution < -0.4 is 5.32 Å². The molecule has 0 aromatic rings. The second kappa shape index (κ2) is 8.19. The first kappa shape index (κ1) is 14.1. The average molecular weight is 241 g/mol. The van der Waals surface area contributed by atoms with Crippen molar-refractivity contribution < 1.29 is 0 Å². The standard InChI is InChI=1S/C14H27NS/c1-4-12(2)10-13(15-3)11-16-14-8-6-5-7-9-14/h13-15H,2,4-11H2,1,3H3. The quantitative estimate of drug-likeness (QED) is 0.676. The molecule has 0 spiro atoms. The second-order valence-electron chi connectivity index (χ2n) is 4.89. The minimum absolute atomic E-state index is 0.624. The fourth-order valence-corrected chi connectivity index (χ4v) is 3.68. The minimum atomic E-state index is 0.624. The number of nitrogens with one attached hydrogen (secondary N) is 1. The predicted octanol–water partition coefficient (Wildman–Crippen LogP) is 4.00. The van der Waals surface area contributed by atoms with Gasteiger partial charge in [-0.15, -0.1) is 0 Å². The van der Waals surface area contributed by atoms with Crippen molar-refractivity contribution in [3.8, 4) is 0 Å². The molecule has 1 atom stereocenters. The van der Waals surface area contributed by atoms with E-state index in [1.54, 1.807) is 0 Å².